The van der Waals surface area contributed by atoms with E-state index in [9.17, 15) is 0 Å². The second-order valence-corrected chi connectivity index (χ2v) is 0.365. The van der Waals surface area contributed by atoms with E-state index < -0.39 is 0 Å². The zero-order chi connectivity index (χ0) is 3.41. The fourth-order valence-corrected chi connectivity index (χ4v) is 0. The van der Waals surface area contributed by atoms with Crippen molar-refractivity contribution in [2.75, 3.05) is 6.54 Å². The normalized spacial score (nSPS) is 5.00. The third-order valence-corrected chi connectivity index (χ3v) is 0.1000. The van der Waals surface area contributed by atoms with Gasteiger partial charge in [0, 0.05) is 32.7 Å². The molecule has 0 amide bonds. The molecule has 0 fully saturated rings. The Balaban J connectivity index is 0. The first-order valence-electron chi connectivity index (χ1n) is 1.02. The molecule has 0 aromatic rings. The van der Waals surface area contributed by atoms with Crippen molar-refractivity contribution in [1.29, 1.82) is 0 Å². The Labute approximate surface area is 56.7 Å². The number of hydrogen-bond donors (Lipinski definition) is 0. The molecular weight excluding hydrogens is 141 g/mol. The maximum atomic E-state index is 7.44. The fourth-order valence-electron chi connectivity index (χ4n) is 0. The third-order valence-electron chi connectivity index (χ3n) is 0.1000. The van der Waals surface area contributed by atoms with E-state index in [2.05, 4.69) is 12.0 Å². The molecule has 27 valence electrons. The Hall–Kier alpha value is 0.704. The maximum absolute atomic E-state index is 7.44. The van der Waals surface area contributed by atoms with Crippen LogP contribution in [0.5, 0.6) is 0 Å². The van der Waals surface area contributed by atoms with Crippen LogP contribution in [0.4, 0.5) is 0 Å². The summed E-state index contributed by atoms with van der Waals surface area (Å²) in [4.78, 5) is 0. The first-order chi connectivity index (χ1) is 1.91. The first kappa shape index (κ1) is 9.20. The minimum Gasteiger partial charge on any atom is -0.715 e. The van der Waals surface area contributed by atoms with E-state index in [1.165, 1.54) is 0 Å². The van der Waals surface area contributed by atoms with Crippen molar-refractivity contribution in [2.45, 2.75) is 0 Å². The van der Waals surface area contributed by atoms with Gasteiger partial charge in [-0.05, 0) is 0 Å². The van der Waals surface area contributed by atoms with E-state index in [-0.39, 0.29) is 39.3 Å². The van der Waals surface area contributed by atoms with Crippen molar-refractivity contribution >= 4 is 0 Å². The van der Waals surface area contributed by atoms with Crippen molar-refractivity contribution in [2.24, 2.45) is 5.11 Å². The van der Waals surface area contributed by atoms with Crippen LogP contribution in [-0.2, 0) is 32.7 Å². The van der Waals surface area contributed by atoms with Crippen molar-refractivity contribution in [3.63, 3.8) is 0 Å². The molecule has 0 saturated heterocycles. The van der Waals surface area contributed by atoms with Gasteiger partial charge in [-0.25, -0.2) is 0 Å². The van der Waals surface area contributed by atoms with Crippen LogP contribution in [0.25, 0.3) is 5.53 Å². The predicted molar refractivity (Wildman–Crippen MR) is 16.0 cm³/mol. The van der Waals surface area contributed by atoms with E-state index in [1.54, 1.807) is 0 Å². The van der Waals surface area contributed by atoms with Gasteiger partial charge in [0.1, 0.15) is 0 Å². The Morgan fingerprint density at radius 1 is 1.80 bits per heavy atom. The molecule has 0 rings (SSSR count). The van der Waals surface area contributed by atoms with Gasteiger partial charge in [0.15, 0.2) is 0 Å². The summed E-state index contributed by atoms with van der Waals surface area (Å²) in [5.74, 6) is 0. The molecule has 0 heterocycles. The third kappa shape index (κ3) is 11.8. The van der Waals surface area contributed by atoms with E-state index in [1.807, 2.05) is 0 Å². The molecule has 0 aliphatic carbocycles. The minimum absolute atomic E-state index is 0. The van der Waals surface area contributed by atoms with Crippen LogP contribution in [0.1, 0.15) is 0 Å². The SMILES string of the molecule is [CH2-]CN=[N-].[Y]. The topological polar surface area (TPSA) is 34.7 Å². The summed E-state index contributed by atoms with van der Waals surface area (Å²) in [6.07, 6.45) is 0. The summed E-state index contributed by atoms with van der Waals surface area (Å²) in [5, 5.41) is 2.62. The molecule has 0 unspecified atom stereocenters. The van der Waals surface area contributed by atoms with Crippen molar-refractivity contribution in [3.05, 3.63) is 12.5 Å². The largest absolute Gasteiger partial charge is 0.715 e. The number of rotatable bonds is 1. The number of hydrogen-bond acceptors (Lipinski definition) is 1. The van der Waals surface area contributed by atoms with Crippen molar-refractivity contribution < 1.29 is 32.7 Å². The summed E-state index contributed by atoms with van der Waals surface area (Å²) in [6, 6.07) is 0. The summed E-state index contributed by atoms with van der Waals surface area (Å²) in [6.45, 7) is 3.44. The van der Waals surface area contributed by atoms with E-state index >= 15 is 0 Å². The fraction of sp³-hybridized carbons (Fsp3) is 0.500. The molecule has 0 atom stereocenters. The molecule has 0 aromatic heterocycles. The molecule has 0 aliphatic heterocycles. The molecule has 0 N–H and O–H groups in total. The second-order valence-electron chi connectivity index (χ2n) is 0.365. The molecule has 5 heavy (non-hydrogen) atoms. The summed E-state index contributed by atoms with van der Waals surface area (Å²) in [7, 11) is 0. The van der Waals surface area contributed by atoms with Gasteiger partial charge in [-0.15, -0.1) is 6.54 Å². The molecule has 1 radical (unpaired) electrons. The van der Waals surface area contributed by atoms with E-state index in [0.29, 0.717) is 0 Å². The monoisotopic (exact) mass is 145 g/mol. The smallest absolute Gasteiger partial charge is 0 e. The Morgan fingerprint density at radius 2 is 2.00 bits per heavy atom. The van der Waals surface area contributed by atoms with Crippen LogP contribution in [0.2, 0.25) is 0 Å². The van der Waals surface area contributed by atoms with Gasteiger partial charge in [-0.2, -0.15) is 0 Å². The molecule has 0 bridgehead atoms. The minimum atomic E-state index is 0. The van der Waals surface area contributed by atoms with Crippen LogP contribution in [0, 0.1) is 6.92 Å². The summed E-state index contributed by atoms with van der Waals surface area (Å²) in [5.41, 5.74) is 7.44. The average Bonchev–Trinajstić information content (AvgIpc) is 1.37. The van der Waals surface area contributed by atoms with Gasteiger partial charge >= 0.3 is 0 Å². The zero-order valence-electron chi connectivity index (χ0n) is 2.89. The van der Waals surface area contributed by atoms with Crippen LogP contribution in [0.15, 0.2) is 5.11 Å². The zero-order valence-corrected chi connectivity index (χ0v) is 5.72. The van der Waals surface area contributed by atoms with Gasteiger partial charge in [-0.3, -0.25) is 0 Å². The van der Waals surface area contributed by atoms with Crippen LogP contribution in [-0.4, -0.2) is 6.54 Å². The van der Waals surface area contributed by atoms with Crippen molar-refractivity contribution in [1.82, 2.24) is 0 Å². The molecule has 0 spiro atoms. The van der Waals surface area contributed by atoms with Gasteiger partial charge in [0.2, 0.25) is 0 Å². The standard InChI is InChI=1S/C2H4N2.Y/c1-2-4-3;/h1-2H2;/q-2;. The molecule has 3 heteroatoms. The van der Waals surface area contributed by atoms with Crippen LogP contribution >= 0.6 is 0 Å². The van der Waals surface area contributed by atoms with Gasteiger partial charge in [0.05, 0.1) is 0 Å². The number of nitrogens with zero attached hydrogens (tertiary/aromatic N) is 2. The maximum Gasteiger partial charge on any atom is 0 e. The second kappa shape index (κ2) is 8.83. The van der Waals surface area contributed by atoms with Gasteiger partial charge < -0.3 is 17.6 Å². The summed E-state index contributed by atoms with van der Waals surface area (Å²) < 4.78 is 0. The Morgan fingerprint density at radius 3 is 2.00 bits per heavy atom. The van der Waals surface area contributed by atoms with Crippen molar-refractivity contribution in [3.8, 4) is 0 Å². The van der Waals surface area contributed by atoms with Gasteiger partial charge in [-0.1, -0.05) is 0 Å². The first-order valence-corrected chi connectivity index (χ1v) is 1.02. The average molecular weight is 145 g/mol. The molecule has 0 aromatic carbocycles. The quantitative estimate of drug-likeness (QED) is 0.387. The van der Waals surface area contributed by atoms with Crippen LogP contribution < -0.4 is 0 Å². The van der Waals surface area contributed by atoms with Gasteiger partial charge in [0.25, 0.3) is 0 Å². The van der Waals surface area contributed by atoms with E-state index in [4.69, 9.17) is 5.53 Å². The Kier molecular flexibility index (Phi) is 16.2. The summed E-state index contributed by atoms with van der Waals surface area (Å²) >= 11 is 0. The molecular formula is C2H4N2Y-2. The molecule has 0 saturated carbocycles. The molecule has 0 aliphatic rings. The Bertz CT molecular complexity index is 21.6. The van der Waals surface area contributed by atoms with Crippen LogP contribution in [0.3, 0.4) is 0 Å². The van der Waals surface area contributed by atoms with E-state index in [0.717, 1.165) is 0 Å². The predicted octanol–water partition coefficient (Wildman–Crippen LogP) is 0.840. The molecule has 2 nitrogen and oxygen atoms in total.